The van der Waals surface area contributed by atoms with Crippen LogP contribution in [0.2, 0.25) is 0 Å². The lowest BCUT2D eigenvalue weighted by Gasteiger charge is -2.17. The fourth-order valence-corrected chi connectivity index (χ4v) is 4.45. The monoisotopic (exact) mass is 458 g/mol. The Kier molecular flexibility index (Phi) is 6.60. The molecule has 0 unspecified atom stereocenters. The molecular weight excluding hydrogens is 432 g/mol. The van der Waals surface area contributed by atoms with Crippen LogP contribution in [0.1, 0.15) is 36.5 Å². The Labute approximate surface area is 197 Å². The van der Waals surface area contributed by atoms with Crippen LogP contribution in [0.4, 0.5) is 5.69 Å². The molecule has 0 bridgehead atoms. The molecule has 4 rings (SSSR count). The lowest BCUT2D eigenvalue weighted by molar-refractivity contribution is -0.113. The van der Waals surface area contributed by atoms with E-state index in [0.717, 1.165) is 22.4 Å². The number of fused-ring (bicyclic) bond motifs is 1. The van der Waals surface area contributed by atoms with Crippen molar-refractivity contribution in [2.75, 3.05) is 11.1 Å². The highest BCUT2D eigenvalue weighted by molar-refractivity contribution is 7.99. The highest BCUT2D eigenvalue weighted by Crippen LogP contribution is 2.28. The molecular formula is C26H26N4O2S. The largest absolute Gasteiger partial charge is 0.325 e. The summed E-state index contributed by atoms with van der Waals surface area (Å²) in [6.07, 6.45) is 1.71. The summed E-state index contributed by atoms with van der Waals surface area (Å²) < 4.78 is 1.48. The summed E-state index contributed by atoms with van der Waals surface area (Å²) in [7, 11) is 0. The van der Waals surface area contributed by atoms with E-state index >= 15 is 0 Å². The van der Waals surface area contributed by atoms with Gasteiger partial charge in [-0.1, -0.05) is 62.0 Å². The number of nitrogens with zero attached hydrogens (tertiary/aromatic N) is 3. The SMILES string of the molecule is Cc1ccc(-n2c(SCC(=O)Nc3c(C)cccc3C(C)C)nc3ccccc3c2=O)nc1. The first-order chi connectivity index (χ1) is 15.8. The summed E-state index contributed by atoms with van der Waals surface area (Å²) >= 11 is 1.22. The zero-order valence-corrected chi connectivity index (χ0v) is 19.9. The number of benzene rings is 2. The van der Waals surface area contributed by atoms with Crippen molar-refractivity contribution in [3.8, 4) is 5.82 Å². The van der Waals surface area contributed by atoms with Crippen molar-refractivity contribution < 1.29 is 4.79 Å². The number of hydrogen-bond acceptors (Lipinski definition) is 5. The van der Waals surface area contributed by atoms with E-state index in [4.69, 9.17) is 0 Å². The number of thioether (sulfide) groups is 1. The van der Waals surface area contributed by atoms with Crippen molar-refractivity contribution >= 4 is 34.3 Å². The third kappa shape index (κ3) is 4.83. The van der Waals surface area contributed by atoms with Gasteiger partial charge in [0, 0.05) is 11.9 Å². The molecule has 0 fully saturated rings. The van der Waals surface area contributed by atoms with E-state index in [9.17, 15) is 9.59 Å². The molecule has 2 aromatic carbocycles. The van der Waals surface area contributed by atoms with Crippen molar-refractivity contribution in [1.82, 2.24) is 14.5 Å². The number of hydrogen-bond donors (Lipinski definition) is 1. The van der Waals surface area contributed by atoms with E-state index in [1.807, 2.05) is 50.2 Å². The van der Waals surface area contributed by atoms with Crippen molar-refractivity contribution in [3.05, 3.63) is 87.8 Å². The van der Waals surface area contributed by atoms with Gasteiger partial charge in [-0.25, -0.2) is 14.5 Å². The number of aromatic nitrogens is 3. The lowest BCUT2D eigenvalue weighted by atomic mass is 9.98. The number of nitrogens with one attached hydrogen (secondary N) is 1. The van der Waals surface area contributed by atoms with Gasteiger partial charge in [-0.05, 0) is 54.7 Å². The molecule has 1 amide bonds. The second-order valence-electron chi connectivity index (χ2n) is 8.28. The molecule has 2 aromatic heterocycles. The normalized spacial score (nSPS) is 11.2. The summed E-state index contributed by atoms with van der Waals surface area (Å²) in [5.41, 5.74) is 4.34. The third-order valence-corrected chi connectivity index (χ3v) is 6.33. The van der Waals surface area contributed by atoms with E-state index in [1.54, 1.807) is 24.4 Å². The Morgan fingerprint density at radius 1 is 1.06 bits per heavy atom. The highest BCUT2D eigenvalue weighted by Gasteiger charge is 2.17. The molecule has 0 aliphatic heterocycles. The first-order valence-corrected chi connectivity index (χ1v) is 11.8. The molecule has 168 valence electrons. The summed E-state index contributed by atoms with van der Waals surface area (Å²) in [6, 6.07) is 16.9. The molecule has 1 N–H and O–H groups in total. The van der Waals surface area contributed by atoms with Crippen LogP contribution in [-0.4, -0.2) is 26.2 Å². The van der Waals surface area contributed by atoms with E-state index in [1.165, 1.54) is 16.3 Å². The van der Waals surface area contributed by atoms with Gasteiger partial charge in [-0.3, -0.25) is 9.59 Å². The van der Waals surface area contributed by atoms with E-state index < -0.39 is 0 Å². The molecule has 0 atom stereocenters. The zero-order valence-electron chi connectivity index (χ0n) is 19.1. The minimum atomic E-state index is -0.208. The predicted molar refractivity (Wildman–Crippen MR) is 134 cm³/mol. The first-order valence-electron chi connectivity index (χ1n) is 10.8. The van der Waals surface area contributed by atoms with Crippen LogP contribution in [0.5, 0.6) is 0 Å². The number of anilines is 1. The number of pyridine rings is 1. The summed E-state index contributed by atoms with van der Waals surface area (Å²) in [5.74, 6) is 0.727. The van der Waals surface area contributed by atoms with Crippen molar-refractivity contribution in [2.45, 2.75) is 38.8 Å². The van der Waals surface area contributed by atoms with Crippen LogP contribution >= 0.6 is 11.8 Å². The third-order valence-electron chi connectivity index (χ3n) is 5.39. The highest BCUT2D eigenvalue weighted by atomic mass is 32.2. The topological polar surface area (TPSA) is 76.9 Å². The van der Waals surface area contributed by atoms with Gasteiger partial charge in [0.25, 0.3) is 5.56 Å². The smallest absolute Gasteiger partial charge is 0.267 e. The van der Waals surface area contributed by atoms with Crippen LogP contribution in [0, 0.1) is 13.8 Å². The average Bonchev–Trinajstić information content (AvgIpc) is 2.80. The quantitative estimate of drug-likeness (QED) is 0.315. The van der Waals surface area contributed by atoms with E-state index in [-0.39, 0.29) is 23.1 Å². The van der Waals surface area contributed by atoms with Crippen molar-refractivity contribution in [2.24, 2.45) is 0 Å². The molecule has 2 heterocycles. The standard InChI is InChI=1S/C26H26N4O2S/c1-16(2)19-10-7-8-18(4)24(19)29-23(31)15-33-26-28-21-11-6-5-9-20(21)25(32)30(26)22-13-12-17(3)14-27-22/h5-14,16H,15H2,1-4H3,(H,29,31). The van der Waals surface area contributed by atoms with Crippen LogP contribution in [0.3, 0.4) is 0 Å². The van der Waals surface area contributed by atoms with Crippen molar-refractivity contribution in [3.63, 3.8) is 0 Å². The molecule has 7 heteroatoms. The lowest BCUT2D eigenvalue weighted by Crippen LogP contribution is -2.24. The number of amides is 1. The minimum absolute atomic E-state index is 0.114. The van der Waals surface area contributed by atoms with Crippen LogP contribution in [0.15, 0.2) is 70.7 Å². The molecule has 6 nitrogen and oxygen atoms in total. The second kappa shape index (κ2) is 9.58. The summed E-state index contributed by atoms with van der Waals surface area (Å²) in [6.45, 7) is 8.13. The van der Waals surface area contributed by atoms with E-state index in [0.29, 0.717) is 21.9 Å². The number of rotatable bonds is 6. The maximum Gasteiger partial charge on any atom is 0.267 e. The summed E-state index contributed by atoms with van der Waals surface area (Å²) in [5, 5.41) is 4.00. The van der Waals surface area contributed by atoms with Gasteiger partial charge in [-0.15, -0.1) is 0 Å². The second-order valence-corrected chi connectivity index (χ2v) is 9.22. The summed E-state index contributed by atoms with van der Waals surface area (Å²) in [4.78, 5) is 35.3. The number of carbonyl (C=O) groups excluding carboxylic acids is 1. The Morgan fingerprint density at radius 3 is 2.58 bits per heavy atom. The Balaban J connectivity index is 1.67. The Hall–Kier alpha value is -3.45. The van der Waals surface area contributed by atoms with E-state index in [2.05, 4.69) is 29.1 Å². The maximum absolute atomic E-state index is 13.3. The number of aryl methyl sites for hydroxylation is 2. The van der Waals surface area contributed by atoms with Gasteiger partial charge in [0.05, 0.1) is 16.7 Å². The van der Waals surface area contributed by atoms with Gasteiger partial charge < -0.3 is 5.32 Å². The van der Waals surface area contributed by atoms with Gasteiger partial charge in [0.15, 0.2) is 5.16 Å². The molecule has 0 radical (unpaired) electrons. The molecule has 0 saturated carbocycles. The minimum Gasteiger partial charge on any atom is -0.325 e. The average molecular weight is 459 g/mol. The first kappa shape index (κ1) is 22.7. The van der Waals surface area contributed by atoms with Gasteiger partial charge in [0.1, 0.15) is 5.82 Å². The Bertz CT molecular complexity index is 1380. The molecule has 0 spiro atoms. The van der Waals surface area contributed by atoms with Crippen LogP contribution < -0.4 is 10.9 Å². The molecule has 33 heavy (non-hydrogen) atoms. The number of carbonyl (C=O) groups is 1. The Morgan fingerprint density at radius 2 is 1.85 bits per heavy atom. The van der Waals surface area contributed by atoms with Gasteiger partial charge in [-0.2, -0.15) is 0 Å². The van der Waals surface area contributed by atoms with Gasteiger partial charge in [0.2, 0.25) is 5.91 Å². The fourth-order valence-electron chi connectivity index (χ4n) is 3.65. The molecule has 0 saturated heterocycles. The van der Waals surface area contributed by atoms with Gasteiger partial charge >= 0.3 is 0 Å². The van der Waals surface area contributed by atoms with Crippen LogP contribution in [0.25, 0.3) is 16.7 Å². The van der Waals surface area contributed by atoms with Crippen LogP contribution in [-0.2, 0) is 4.79 Å². The predicted octanol–water partition coefficient (Wildman–Crippen LogP) is 5.25. The molecule has 4 aromatic rings. The maximum atomic E-state index is 13.3. The number of para-hydroxylation sites is 2. The molecule has 0 aliphatic rings. The molecule has 0 aliphatic carbocycles. The van der Waals surface area contributed by atoms with Crippen molar-refractivity contribution in [1.29, 1.82) is 0 Å². The zero-order chi connectivity index (χ0) is 23.5. The fraction of sp³-hybridized carbons (Fsp3) is 0.231.